The van der Waals surface area contributed by atoms with Crippen molar-refractivity contribution in [3.63, 3.8) is 0 Å². The fourth-order valence-corrected chi connectivity index (χ4v) is 2.24. The van der Waals surface area contributed by atoms with Gasteiger partial charge in [-0.3, -0.25) is 9.48 Å². The van der Waals surface area contributed by atoms with Crippen molar-refractivity contribution in [2.24, 2.45) is 7.05 Å². The van der Waals surface area contributed by atoms with Crippen LogP contribution < -0.4 is 16.0 Å². The Kier molecular flexibility index (Phi) is 4.97. The molecule has 1 saturated heterocycles. The van der Waals surface area contributed by atoms with Crippen molar-refractivity contribution >= 4 is 11.9 Å². The van der Waals surface area contributed by atoms with E-state index in [0.29, 0.717) is 25.9 Å². The molecule has 0 bridgehead atoms. The summed E-state index contributed by atoms with van der Waals surface area (Å²) in [4.78, 5) is 23.4. The van der Waals surface area contributed by atoms with E-state index in [0.717, 1.165) is 18.5 Å². The summed E-state index contributed by atoms with van der Waals surface area (Å²) in [5, 5.41) is 12.3. The van der Waals surface area contributed by atoms with Gasteiger partial charge in [-0.15, -0.1) is 0 Å². The van der Waals surface area contributed by atoms with Crippen molar-refractivity contribution < 1.29 is 9.59 Å². The van der Waals surface area contributed by atoms with Crippen molar-refractivity contribution in [3.8, 4) is 0 Å². The summed E-state index contributed by atoms with van der Waals surface area (Å²) in [5.74, 6) is -0.0933. The van der Waals surface area contributed by atoms with Gasteiger partial charge in [0.1, 0.15) is 6.04 Å². The molecular weight excluding hydrogens is 258 g/mol. The zero-order chi connectivity index (χ0) is 14.4. The predicted molar refractivity (Wildman–Crippen MR) is 74.1 cm³/mol. The molecule has 0 unspecified atom stereocenters. The van der Waals surface area contributed by atoms with E-state index in [1.54, 1.807) is 10.9 Å². The number of nitrogens with one attached hydrogen (secondary N) is 3. The van der Waals surface area contributed by atoms with Crippen LogP contribution >= 0.6 is 0 Å². The Hall–Kier alpha value is -2.05. The average molecular weight is 279 g/mol. The molecule has 3 N–H and O–H groups in total. The number of aryl methyl sites for hydroxylation is 1. The highest BCUT2D eigenvalue weighted by Gasteiger charge is 2.21. The van der Waals surface area contributed by atoms with Crippen LogP contribution in [0.4, 0.5) is 4.79 Å². The number of urea groups is 1. The van der Waals surface area contributed by atoms with E-state index < -0.39 is 6.04 Å². The molecule has 1 aliphatic heterocycles. The summed E-state index contributed by atoms with van der Waals surface area (Å²) in [5.41, 5.74) is 1.05. The number of rotatable bonds is 4. The summed E-state index contributed by atoms with van der Waals surface area (Å²) >= 11 is 0. The minimum Gasteiger partial charge on any atom is -0.354 e. The number of carbonyl (C=O) groups is 2. The van der Waals surface area contributed by atoms with Crippen LogP contribution in [0.1, 0.15) is 25.0 Å². The molecule has 20 heavy (non-hydrogen) atoms. The minimum atomic E-state index is -0.422. The Morgan fingerprint density at radius 1 is 1.55 bits per heavy atom. The third kappa shape index (κ3) is 3.97. The van der Waals surface area contributed by atoms with Crippen LogP contribution in [0.2, 0.25) is 0 Å². The molecule has 0 aliphatic carbocycles. The summed E-state index contributed by atoms with van der Waals surface area (Å²) in [7, 11) is 1.87. The summed E-state index contributed by atoms with van der Waals surface area (Å²) in [6, 6.07) is 1.20. The molecule has 110 valence electrons. The topological polar surface area (TPSA) is 88.1 Å². The van der Waals surface area contributed by atoms with Crippen LogP contribution in [0.25, 0.3) is 0 Å². The van der Waals surface area contributed by atoms with E-state index >= 15 is 0 Å². The van der Waals surface area contributed by atoms with Gasteiger partial charge in [-0.25, -0.2) is 4.79 Å². The molecular formula is C13H21N5O2. The Morgan fingerprint density at radius 2 is 2.40 bits per heavy atom. The minimum absolute atomic E-state index is 0.0933. The van der Waals surface area contributed by atoms with Gasteiger partial charge >= 0.3 is 6.03 Å². The summed E-state index contributed by atoms with van der Waals surface area (Å²) < 4.78 is 1.78. The maximum Gasteiger partial charge on any atom is 0.315 e. The zero-order valence-electron chi connectivity index (χ0n) is 11.7. The Morgan fingerprint density at radius 3 is 3.15 bits per heavy atom. The van der Waals surface area contributed by atoms with Crippen molar-refractivity contribution in [2.75, 3.05) is 13.1 Å². The monoisotopic (exact) mass is 279 g/mol. The van der Waals surface area contributed by atoms with Crippen LogP contribution in [-0.2, 0) is 18.3 Å². The van der Waals surface area contributed by atoms with E-state index in [2.05, 4.69) is 21.0 Å². The van der Waals surface area contributed by atoms with Crippen molar-refractivity contribution in [1.29, 1.82) is 0 Å². The molecule has 3 amide bonds. The highest BCUT2D eigenvalue weighted by molar-refractivity contribution is 5.87. The van der Waals surface area contributed by atoms with Crippen LogP contribution in [0.5, 0.6) is 0 Å². The number of carbonyl (C=O) groups excluding carboxylic acids is 2. The quantitative estimate of drug-likeness (QED) is 0.721. The van der Waals surface area contributed by atoms with Crippen molar-refractivity contribution in [1.82, 2.24) is 25.7 Å². The Bertz CT molecular complexity index is 471. The van der Waals surface area contributed by atoms with Crippen LogP contribution in [-0.4, -0.2) is 40.9 Å². The number of amides is 3. The third-order valence-electron chi connectivity index (χ3n) is 3.43. The molecule has 7 nitrogen and oxygen atoms in total. The van der Waals surface area contributed by atoms with Gasteiger partial charge in [0.25, 0.3) is 0 Å². The van der Waals surface area contributed by atoms with E-state index in [4.69, 9.17) is 0 Å². The van der Waals surface area contributed by atoms with Crippen LogP contribution in [0, 0.1) is 0 Å². The van der Waals surface area contributed by atoms with E-state index in [1.807, 2.05) is 13.1 Å². The highest BCUT2D eigenvalue weighted by atomic mass is 16.2. The molecule has 1 aliphatic rings. The second-order valence-electron chi connectivity index (χ2n) is 4.94. The van der Waals surface area contributed by atoms with E-state index in [9.17, 15) is 9.59 Å². The second kappa shape index (κ2) is 6.93. The first-order chi connectivity index (χ1) is 9.66. The largest absolute Gasteiger partial charge is 0.354 e. The lowest BCUT2D eigenvalue weighted by Gasteiger charge is -2.15. The van der Waals surface area contributed by atoms with Gasteiger partial charge in [-0.05, 0) is 25.3 Å². The second-order valence-corrected chi connectivity index (χ2v) is 4.94. The van der Waals surface area contributed by atoms with E-state index in [1.165, 1.54) is 0 Å². The molecule has 1 fully saturated rings. The molecule has 2 heterocycles. The van der Waals surface area contributed by atoms with Crippen LogP contribution in [0.15, 0.2) is 12.3 Å². The Labute approximate surface area is 118 Å². The van der Waals surface area contributed by atoms with Gasteiger partial charge in [0.15, 0.2) is 0 Å². The third-order valence-corrected chi connectivity index (χ3v) is 3.43. The molecule has 1 aromatic rings. The number of hydrogen-bond acceptors (Lipinski definition) is 3. The normalized spacial score (nSPS) is 19.1. The predicted octanol–water partition coefficient (Wildman–Crippen LogP) is -0.0695. The number of aromatic nitrogens is 2. The van der Waals surface area contributed by atoms with Gasteiger partial charge < -0.3 is 16.0 Å². The number of nitrogens with zero attached hydrogens (tertiary/aromatic N) is 2. The molecule has 2 rings (SSSR count). The van der Waals surface area contributed by atoms with Crippen molar-refractivity contribution in [3.05, 3.63) is 18.0 Å². The fraction of sp³-hybridized carbons (Fsp3) is 0.615. The molecule has 0 aromatic carbocycles. The van der Waals surface area contributed by atoms with Crippen LogP contribution in [0.3, 0.4) is 0 Å². The number of hydrogen-bond donors (Lipinski definition) is 3. The van der Waals surface area contributed by atoms with Gasteiger partial charge in [0.2, 0.25) is 5.91 Å². The lowest BCUT2D eigenvalue weighted by molar-refractivity contribution is -0.122. The maximum absolute atomic E-state index is 11.8. The van der Waals surface area contributed by atoms with Gasteiger partial charge in [0.05, 0.1) is 0 Å². The average Bonchev–Trinajstić information content (AvgIpc) is 2.71. The lowest BCUT2D eigenvalue weighted by atomic mass is 10.1. The Balaban J connectivity index is 1.72. The van der Waals surface area contributed by atoms with Gasteiger partial charge in [-0.2, -0.15) is 5.10 Å². The van der Waals surface area contributed by atoms with Crippen molar-refractivity contribution in [2.45, 2.75) is 31.7 Å². The highest BCUT2D eigenvalue weighted by Crippen LogP contribution is 2.05. The SMILES string of the molecule is Cn1nccc1CCNC(=O)N[C@@H]1CCCCNC1=O. The molecule has 0 saturated carbocycles. The standard InChI is InChI=1S/C13H21N5O2/c1-18-10(6-9-16-18)5-8-15-13(20)17-11-4-2-3-7-14-12(11)19/h6,9,11H,2-5,7-8H2,1H3,(H,14,19)(H2,15,17,20)/t11-/m1/s1. The maximum atomic E-state index is 11.8. The molecule has 1 aromatic heterocycles. The van der Waals surface area contributed by atoms with Gasteiger partial charge in [0, 0.05) is 38.4 Å². The molecule has 7 heteroatoms. The zero-order valence-corrected chi connectivity index (χ0v) is 11.7. The first kappa shape index (κ1) is 14.4. The first-order valence-electron chi connectivity index (χ1n) is 6.96. The lowest BCUT2D eigenvalue weighted by Crippen LogP contribution is -2.49. The summed E-state index contributed by atoms with van der Waals surface area (Å²) in [6.45, 7) is 1.21. The molecule has 0 radical (unpaired) electrons. The molecule has 0 spiro atoms. The van der Waals surface area contributed by atoms with E-state index in [-0.39, 0.29) is 11.9 Å². The van der Waals surface area contributed by atoms with Gasteiger partial charge in [-0.1, -0.05) is 0 Å². The summed E-state index contributed by atoms with van der Waals surface area (Å²) in [6.07, 6.45) is 5.04. The fourth-order valence-electron chi connectivity index (χ4n) is 2.24. The smallest absolute Gasteiger partial charge is 0.315 e. The molecule has 1 atom stereocenters. The first-order valence-corrected chi connectivity index (χ1v) is 6.96.